The number of amides is 1. The molecule has 5 nitrogen and oxygen atoms in total. The topological polar surface area (TPSA) is 66.5 Å². The minimum Gasteiger partial charge on any atom is -0.355 e. The van der Waals surface area contributed by atoms with E-state index >= 15 is 0 Å². The van der Waals surface area contributed by atoms with E-state index in [-0.39, 0.29) is 29.8 Å². The molecule has 1 aliphatic heterocycles. The molecule has 30 heavy (non-hydrogen) atoms. The number of hydrogen-bond donors (Lipinski definition) is 1. The molecule has 162 valence electrons. The third kappa shape index (κ3) is 5.97. The normalized spacial score (nSPS) is 15.8. The van der Waals surface area contributed by atoms with Crippen LogP contribution in [-0.4, -0.2) is 44.0 Å². The lowest BCUT2D eigenvalue weighted by Crippen LogP contribution is -2.43. The van der Waals surface area contributed by atoms with Crippen molar-refractivity contribution < 1.29 is 17.6 Å². The van der Waals surface area contributed by atoms with Crippen molar-refractivity contribution in [3.63, 3.8) is 0 Å². The number of sulfonamides is 1. The molecule has 1 aliphatic rings. The van der Waals surface area contributed by atoms with Gasteiger partial charge in [0, 0.05) is 42.1 Å². The fourth-order valence-electron chi connectivity index (χ4n) is 3.30. The highest BCUT2D eigenvalue weighted by Crippen LogP contribution is 2.24. The van der Waals surface area contributed by atoms with Crippen LogP contribution in [0.15, 0.2) is 53.4 Å². The number of thioether (sulfide) groups is 1. The Balaban J connectivity index is 1.40. The Morgan fingerprint density at radius 3 is 2.47 bits per heavy atom. The molecule has 0 radical (unpaired) electrons. The van der Waals surface area contributed by atoms with E-state index in [0.29, 0.717) is 19.4 Å². The highest BCUT2D eigenvalue weighted by atomic mass is 35.5. The summed E-state index contributed by atoms with van der Waals surface area (Å²) in [5.74, 6) is 0.851. The zero-order chi connectivity index (χ0) is 21.6. The lowest BCUT2D eigenvalue weighted by atomic mass is 9.97. The van der Waals surface area contributed by atoms with E-state index in [0.717, 1.165) is 34.2 Å². The molecule has 2 aromatic carbocycles. The predicted molar refractivity (Wildman–Crippen MR) is 119 cm³/mol. The van der Waals surface area contributed by atoms with Gasteiger partial charge in [0.1, 0.15) is 5.82 Å². The minimum absolute atomic E-state index is 0.0350. The summed E-state index contributed by atoms with van der Waals surface area (Å²) < 4.78 is 39.7. The second-order valence-electron chi connectivity index (χ2n) is 7.07. The van der Waals surface area contributed by atoms with Gasteiger partial charge in [-0.25, -0.2) is 12.8 Å². The number of nitrogens with one attached hydrogen (secondary N) is 1. The molecular weight excluding hydrogens is 447 g/mol. The van der Waals surface area contributed by atoms with E-state index < -0.39 is 15.8 Å². The highest BCUT2D eigenvalue weighted by molar-refractivity contribution is 7.98. The fraction of sp³-hybridized carbons (Fsp3) is 0.381. The van der Waals surface area contributed by atoms with Gasteiger partial charge in [-0.15, -0.1) is 0 Å². The van der Waals surface area contributed by atoms with Crippen molar-refractivity contribution in [2.45, 2.75) is 23.5 Å². The molecule has 0 aliphatic carbocycles. The molecular formula is C21H24ClFN2O3S2. The maximum atomic E-state index is 13.1. The number of rotatable bonds is 8. The summed E-state index contributed by atoms with van der Waals surface area (Å²) in [5.41, 5.74) is 1.07. The second kappa shape index (κ2) is 10.6. The van der Waals surface area contributed by atoms with E-state index in [1.165, 1.54) is 16.4 Å². The number of piperidine rings is 1. The first-order valence-corrected chi connectivity index (χ1v) is 12.7. The molecule has 1 amide bonds. The Hall–Kier alpha value is -1.61. The van der Waals surface area contributed by atoms with Crippen LogP contribution in [0.3, 0.4) is 0 Å². The van der Waals surface area contributed by atoms with Gasteiger partial charge < -0.3 is 5.32 Å². The van der Waals surface area contributed by atoms with Crippen LogP contribution in [0.4, 0.5) is 4.39 Å². The molecule has 0 aromatic heterocycles. The number of halogens is 2. The summed E-state index contributed by atoms with van der Waals surface area (Å²) in [7, 11) is -3.66. The first kappa shape index (κ1) is 23.1. The van der Waals surface area contributed by atoms with E-state index in [1.54, 1.807) is 11.8 Å². The first-order chi connectivity index (χ1) is 14.4. The van der Waals surface area contributed by atoms with Crippen molar-refractivity contribution in [1.82, 2.24) is 9.62 Å². The van der Waals surface area contributed by atoms with Gasteiger partial charge in [-0.1, -0.05) is 29.8 Å². The third-order valence-electron chi connectivity index (χ3n) is 5.04. The molecule has 0 atom stereocenters. The Morgan fingerprint density at radius 1 is 1.13 bits per heavy atom. The van der Waals surface area contributed by atoms with Crippen LogP contribution in [0.5, 0.6) is 0 Å². The zero-order valence-corrected chi connectivity index (χ0v) is 18.8. The van der Waals surface area contributed by atoms with Gasteiger partial charge >= 0.3 is 0 Å². The standard InChI is InChI=1S/C21H24ClFN2O3S2/c22-20-4-2-1-3-17(20)15-29-14-11-24-21(26)16-9-12-25(13-10-16)30(27,28)19-7-5-18(23)6-8-19/h1-8,16H,9-15H2,(H,24,26). The molecule has 0 bridgehead atoms. The number of hydrogen-bond acceptors (Lipinski definition) is 4. The predicted octanol–water partition coefficient (Wildman–Crippen LogP) is 3.93. The maximum absolute atomic E-state index is 13.1. The van der Waals surface area contributed by atoms with Crippen LogP contribution >= 0.6 is 23.4 Å². The minimum atomic E-state index is -3.66. The number of nitrogens with zero attached hydrogens (tertiary/aromatic N) is 1. The van der Waals surface area contributed by atoms with E-state index in [1.807, 2.05) is 24.3 Å². The van der Waals surface area contributed by atoms with E-state index in [9.17, 15) is 17.6 Å². The van der Waals surface area contributed by atoms with Gasteiger partial charge in [0.25, 0.3) is 0 Å². The van der Waals surface area contributed by atoms with Crippen molar-refractivity contribution in [2.24, 2.45) is 5.92 Å². The van der Waals surface area contributed by atoms with Gasteiger partial charge in [-0.2, -0.15) is 16.1 Å². The van der Waals surface area contributed by atoms with Gasteiger partial charge in [-0.05, 0) is 48.7 Å². The maximum Gasteiger partial charge on any atom is 0.243 e. The number of carbonyl (C=O) groups is 1. The lowest BCUT2D eigenvalue weighted by molar-refractivity contribution is -0.125. The average Bonchev–Trinajstić information content (AvgIpc) is 2.75. The summed E-state index contributed by atoms with van der Waals surface area (Å²) >= 11 is 7.83. The van der Waals surface area contributed by atoms with Crippen molar-refractivity contribution >= 4 is 39.3 Å². The Labute approximate surface area is 186 Å². The summed E-state index contributed by atoms with van der Waals surface area (Å²) in [6, 6.07) is 12.5. The van der Waals surface area contributed by atoms with Crippen molar-refractivity contribution in [2.75, 3.05) is 25.4 Å². The number of carbonyl (C=O) groups excluding carboxylic acids is 1. The average molecular weight is 471 g/mol. The van der Waals surface area contributed by atoms with Gasteiger partial charge in [0.2, 0.25) is 15.9 Å². The monoisotopic (exact) mass is 470 g/mol. The SMILES string of the molecule is O=C(NCCSCc1ccccc1Cl)C1CCN(S(=O)(=O)c2ccc(F)cc2)CC1. The van der Waals surface area contributed by atoms with Crippen molar-refractivity contribution in [3.8, 4) is 0 Å². The van der Waals surface area contributed by atoms with Crippen LogP contribution in [-0.2, 0) is 20.6 Å². The quantitative estimate of drug-likeness (QED) is 0.593. The summed E-state index contributed by atoms with van der Waals surface area (Å²) in [6.45, 7) is 1.11. The van der Waals surface area contributed by atoms with E-state index in [4.69, 9.17) is 11.6 Å². The zero-order valence-electron chi connectivity index (χ0n) is 16.4. The summed E-state index contributed by atoms with van der Waals surface area (Å²) in [5, 5.41) is 3.69. The van der Waals surface area contributed by atoms with Crippen LogP contribution < -0.4 is 5.32 Å². The Morgan fingerprint density at radius 2 is 1.80 bits per heavy atom. The van der Waals surface area contributed by atoms with Gasteiger partial charge in [0.15, 0.2) is 0 Å². The highest BCUT2D eigenvalue weighted by Gasteiger charge is 2.31. The smallest absolute Gasteiger partial charge is 0.243 e. The Kier molecular flexibility index (Phi) is 8.16. The van der Waals surface area contributed by atoms with Crippen LogP contribution in [0, 0.1) is 11.7 Å². The molecule has 1 fully saturated rings. The molecule has 3 rings (SSSR count). The number of benzene rings is 2. The molecule has 1 saturated heterocycles. The molecule has 1 heterocycles. The molecule has 0 spiro atoms. The molecule has 0 saturated carbocycles. The van der Waals surface area contributed by atoms with E-state index in [2.05, 4.69) is 5.32 Å². The first-order valence-electron chi connectivity index (χ1n) is 9.72. The van der Waals surface area contributed by atoms with Crippen LogP contribution in [0.25, 0.3) is 0 Å². The van der Waals surface area contributed by atoms with Crippen molar-refractivity contribution in [3.05, 3.63) is 64.9 Å². The Bertz CT molecular complexity index is 962. The largest absolute Gasteiger partial charge is 0.355 e. The molecule has 2 aromatic rings. The second-order valence-corrected chi connectivity index (χ2v) is 10.5. The lowest BCUT2D eigenvalue weighted by Gasteiger charge is -2.30. The van der Waals surface area contributed by atoms with Crippen LogP contribution in [0.2, 0.25) is 5.02 Å². The third-order valence-corrected chi connectivity index (χ3v) is 8.33. The summed E-state index contributed by atoms with van der Waals surface area (Å²) in [4.78, 5) is 12.5. The molecule has 1 N–H and O–H groups in total. The van der Waals surface area contributed by atoms with Gasteiger partial charge in [0.05, 0.1) is 4.90 Å². The molecule has 0 unspecified atom stereocenters. The van der Waals surface area contributed by atoms with Crippen LogP contribution in [0.1, 0.15) is 18.4 Å². The van der Waals surface area contributed by atoms with Crippen molar-refractivity contribution in [1.29, 1.82) is 0 Å². The summed E-state index contributed by atoms with van der Waals surface area (Å²) in [6.07, 6.45) is 0.943. The molecule has 9 heteroatoms. The fourth-order valence-corrected chi connectivity index (χ4v) is 5.92. The van der Waals surface area contributed by atoms with Gasteiger partial charge in [-0.3, -0.25) is 4.79 Å².